The number of fused-ring (bicyclic) bond motifs is 2. The van der Waals surface area contributed by atoms with E-state index in [0.717, 1.165) is 17.9 Å². The Bertz CT molecular complexity index is 1150. The van der Waals surface area contributed by atoms with Gasteiger partial charge < -0.3 is 5.32 Å². The molecule has 0 atom stereocenters. The molecule has 0 spiro atoms. The van der Waals surface area contributed by atoms with Crippen LogP contribution in [0.1, 0.15) is 12.8 Å². The Labute approximate surface area is 156 Å². The van der Waals surface area contributed by atoms with Crippen LogP contribution in [-0.4, -0.2) is 35.1 Å². The standard InChI is InChI=1S/C16H12ClN7OS/c17-10-5-6-23-13(7-10)20-21-16(23)26-14-4-3-12-18-11(8-24(12)22-14)19-15(25)9-1-2-9/h3-9H,1-2H2,(H,19,25). The molecule has 4 aromatic rings. The topological polar surface area (TPSA) is 89.5 Å². The molecule has 1 N–H and O–H groups in total. The first kappa shape index (κ1) is 15.6. The number of carbonyl (C=O) groups is 1. The summed E-state index contributed by atoms with van der Waals surface area (Å²) in [4.78, 5) is 16.2. The van der Waals surface area contributed by atoms with Crippen molar-refractivity contribution in [3.63, 3.8) is 0 Å². The fraction of sp³-hybridized carbons (Fsp3) is 0.188. The van der Waals surface area contributed by atoms with Gasteiger partial charge in [-0.25, -0.2) is 9.50 Å². The summed E-state index contributed by atoms with van der Waals surface area (Å²) < 4.78 is 3.49. The van der Waals surface area contributed by atoms with Crippen molar-refractivity contribution in [3.05, 3.63) is 41.7 Å². The first-order valence-electron chi connectivity index (χ1n) is 8.01. The van der Waals surface area contributed by atoms with Gasteiger partial charge in [0.25, 0.3) is 0 Å². The highest BCUT2D eigenvalue weighted by Crippen LogP contribution is 2.30. The number of hydrogen-bond donors (Lipinski definition) is 1. The number of nitrogens with one attached hydrogen (secondary N) is 1. The lowest BCUT2D eigenvalue weighted by molar-refractivity contribution is -0.117. The van der Waals surface area contributed by atoms with Crippen molar-refractivity contribution < 1.29 is 4.79 Å². The van der Waals surface area contributed by atoms with Crippen molar-refractivity contribution >= 4 is 46.4 Å². The van der Waals surface area contributed by atoms with Gasteiger partial charge in [0.15, 0.2) is 17.1 Å². The minimum atomic E-state index is 0.0246. The lowest BCUT2D eigenvalue weighted by Gasteiger charge is -2.00. The second kappa shape index (κ2) is 5.96. The van der Waals surface area contributed by atoms with Crippen molar-refractivity contribution in [1.29, 1.82) is 0 Å². The van der Waals surface area contributed by atoms with Gasteiger partial charge in [-0.05, 0) is 42.8 Å². The van der Waals surface area contributed by atoms with E-state index in [9.17, 15) is 4.79 Å². The molecule has 0 radical (unpaired) electrons. The Morgan fingerprint density at radius 2 is 2.12 bits per heavy atom. The molecule has 0 aliphatic heterocycles. The zero-order valence-corrected chi connectivity index (χ0v) is 14.9. The van der Waals surface area contributed by atoms with Gasteiger partial charge in [-0.2, -0.15) is 5.10 Å². The van der Waals surface area contributed by atoms with Gasteiger partial charge in [-0.15, -0.1) is 10.2 Å². The number of carbonyl (C=O) groups excluding carboxylic acids is 1. The zero-order chi connectivity index (χ0) is 17.7. The molecule has 130 valence electrons. The highest BCUT2D eigenvalue weighted by atomic mass is 35.5. The third-order valence-corrected chi connectivity index (χ3v) is 5.15. The molecule has 1 saturated carbocycles. The van der Waals surface area contributed by atoms with Crippen molar-refractivity contribution in [1.82, 2.24) is 29.2 Å². The summed E-state index contributed by atoms with van der Waals surface area (Å²) in [5, 5.41) is 17.7. The number of hydrogen-bond acceptors (Lipinski definition) is 6. The maximum atomic E-state index is 11.9. The average molecular weight is 386 g/mol. The van der Waals surface area contributed by atoms with Crippen LogP contribution in [0.15, 0.2) is 46.8 Å². The third-order valence-electron chi connectivity index (χ3n) is 4.03. The van der Waals surface area contributed by atoms with Crippen LogP contribution in [0.5, 0.6) is 0 Å². The summed E-state index contributed by atoms with van der Waals surface area (Å²) in [6.45, 7) is 0. The fourth-order valence-corrected chi connectivity index (χ4v) is 3.50. The van der Waals surface area contributed by atoms with Gasteiger partial charge in [-0.3, -0.25) is 9.20 Å². The highest BCUT2D eigenvalue weighted by molar-refractivity contribution is 7.99. The zero-order valence-electron chi connectivity index (χ0n) is 13.3. The molecule has 0 unspecified atom stereocenters. The maximum Gasteiger partial charge on any atom is 0.228 e. The van der Waals surface area contributed by atoms with E-state index < -0.39 is 0 Å². The molecule has 10 heteroatoms. The predicted octanol–water partition coefficient (Wildman–Crippen LogP) is 2.93. The molecule has 8 nitrogen and oxygen atoms in total. The number of anilines is 1. The number of amides is 1. The summed E-state index contributed by atoms with van der Waals surface area (Å²) in [5.74, 6) is 0.671. The third kappa shape index (κ3) is 2.89. The van der Waals surface area contributed by atoms with Crippen LogP contribution < -0.4 is 5.32 Å². The van der Waals surface area contributed by atoms with E-state index in [0.29, 0.717) is 27.3 Å². The molecule has 0 bridgehead atoms. The van der Waals surface area contributed by atoms with Gasteiger partial charge in [0.2, 0.25) is 11.1 Å². The number of nitrogens with zero attached hydrogens (tertiary/aromatic N) is 6. The molecule has 1 aliphatic rings. The quantitative estimate of drug-likeness (QED) is 0.581. The summed E-state index contributed by atoms with van der Waals surface area (Å²) in [6.07, 6.45) is 5.44. The smallest absolute Gasteiger partial charge is 0.228 e. The van der Waals surface area contributed by atoms with Crippen LogP contribution in [0, 0.1) is 5.92 Å². The molecule has 5 rings (SSSR count). The Hall–Kier alpha value is -2.65. The van der Waals surface area contributed by atoms with Crippen LogP contribution in [0.2, 0.25) is 5.02 Å². The first-order valence-corrected chi connectivity index (χ1v) is 9.20. The molecule has 4 aromatic heterocycles. The van der Waals surface area contributed by atoms with E-state index in [2.05, 4.69) is 25.6 Å². The van der Waals surface area contributed by atoms with E-state index in [-0.39, 0.29) is 11.8 Å². The van der Waals surface area contributed by atoms with E-state index in [4.69, 9.17) is 11.6 Å². The summed E-state index contributed by atoms with van der Waals surface area (Å²) in [5.41, 5.74) is 1.34. The van der Waals surface area contributed by atoms with Gasteiger partial charge in [-0.1, -0.05) is 11.6 Å². The Balaban J connectivity index is 1.42. The molecule has 4 heterocycles. The predicted molar refractivity (Wildman–Crippen MR) is 96.5 cm³/mol. The molecular formula is C16H12ClN7OS. The second-order valence-electron chi connectivity index (χ2n) is 6.02. The molecule has 0 aromatic carbocycles. The van der Waals surface area contributed by atoms with Gasteiger partial charge in [0.1, 0.15) is 5.03 Å². The number of aromatic nitrogens is 6. The number of pyridine rings is 1. The number of halogens is 1. The van der Waals surface area contributed by atoms with Crippen molar-refractivity contribution in [2.45, 2.75) is 23.0 Å². The van der Waals surface area contributed by atoms with Crippen LogP contribution in [-0.2, 0) is 4.79 Å². The van der Waals surface area contributed by atoms with E-state index >= 15 is 0 Å². The first-order chi connectivity index (χ1) is 12.7. The second-order valence-corrected chi connectivity index (χ2v) is 7.45. The van der Waals surface area contributed by atoms with Gasteiger partial charge in [0, 0.05) is 23.2 Å². The van der Waals surface area contributed by atoms with E-state index in [1.165, 1.54) is 11.8 Å². The fourth-order valence-electron chi connectivity index (χ4n) is 2.56. The average Bonchev–Trinajstić information content (AvgIpc) is 3.30. The highest BCUT2D eigenvalue weighted by Gasteiger charge is 2.30. The van der Waals surface area contributed by atoms with Gasteiger partial charge in [0.05, 0.1) is 6.20 Å². The van der Waals surface area contributed by atoms with E-state index in [1.54, 1.807) is 22.8 Å². The van der Waals surface area contributed by atoms with Crippen LogP contribution in [0.25, 0.3) is 11.3 Å². The maximum absolute atomic E-state index is 11.9. The Kier molecular flexibility index (Phi) is 3.57. The monoisotopic (exact) mass is 385 g/mol. The largest absolute Gasteiger partial charge is 0.309 e. The van der Waals surface area contributed by atoms with Crippen molar-refractivity contribution in [2.24, 2.45) is 5.92 Å². The Morgan fingerprint density at radius 1 is 1.23 bits per heavy atom. The van der Waals surface area contributed by atoms with E-state index in [1.807, 2.05) is 22.7 Å². The lowest BCUT2D eigenvalue weighted by Crippen LogP contribution is -2.13. The van der Waals surface area contributed by atoms with Crippen molar-refractivity contribution in [3.8, 4) is 0 Å². The lowest BCUT2D eigenvalue weighted by atomic mass is 10.4. The van der Waals surface area contributed by atoms with Crippen molar-refractivity contribution in [2.75, 3.05) is 5.32 Å². The molecule has 1 fully saturated rings. The molecule has 0 saturated heterocycles. The summed E-state index contributed by atoms with van der Waals surface area (Å²) in [7, 11) is 0. The summed E-state index contributed by atoms with van der Waals surface area (Å²) >= 11 is 7.36. The number of imidazole rings is 1. The van der Waals surface area contributed by atoms with Crippen LogP contribution in [0.3, 0.4) is 0 Å². The van der Waals surface area contributed by atoms with Crippen LogP contribution >= 0.6 is 23.4 Å². The molecular weight excluding hydrogens is 374 g/mol. The molecule has 26 heavy (non-hydrogen) atoms. The SMILES string of the molecule is O=C(Nc1cn2nc(Sc3nnc4cc(Cl)ccn34)ccc2n1)C1CC1. The Morgan fingerprint density at radius 3 is 2.96 bits per heavy atom. The number of rotatable bonds is 4. The normalized spacial score (nSPS) is 14.2. The molecule has 1 amide bonds. The van der Waals surface area contributed by atoms with Gasteiger partial charge >= 0.3 is 0 Å². The minimum absolute atomic E-state index is 0.0246. The van der Waals surface area contributed by atoms with Crippen LogP contribution in [0.4, 0.5) is 5.82 Å². The molecule has 1 aliphatic carbocycles. The minimum Gasteiger partial charge on any atom is -0.309 e. The summed E-state index contributed by atoms with van der Waals surface area (Å²) in [6, 6.07) is 7.24.